The average molecular weight is 522 g/mol. The third-order valence-electron chi connectivity index (χ3n) is 7.35. The predicted molar refractivity (Wildman–Crippen MR) is 154 cm³/mol. The summed E-state index contributed by atoms with van der Waals surface area (Å²) >= 11 is 12.9. The summed E-state index contributed by atoms with van der Waals surface area (Å²) in [6, 6.07) is 14.5. The van der Waals surface area contributed by atoms with Crippen LogP contribution in [0.3, 0.4) is 0 Å². The van der Waals surface area contributed by atoms with E-state index in [1.165, 1.54) is 12.0 Å². The van der Waals surface area contributed by atoms with E-state index in [0.29, 0.717) is 16.9 Å². The third-order valence-corrected chi connectivity index (χ3v) is 7.97. The lowest BCUT2D eigenvalue weighted by atomic mass is 9.91. The molecule has 2 fully saturated rings. The zero-order valence-electron chi connectivity index (χ0n) is 21.8. The number of hydrogen-bond acceptors (Lipinski definition) is 3. The molecule has 0 saturated carbocycles. The lowest BCUT2D eigenvalue weighted by Crippen LogP contribution is -2.38. The van der Waals surface area contributed by atoms with Gasteiger partial charge in [0.15, 0.2) is 5.11 Å². The van der Waals surface area contributed by atoms with Crippen LogP contribution >= 0.6 is 23.8 Å². The van der Waals surface area contributed by atoms with E-state index in [0.717, 1.165) is 35.2 Å². The van der Waals surface area contributed by atoms with E-state index in [4.69, 9.17) is 23.8 Å². The lowest BCUT2D eigenvalue weighted by molar-refractivity contribution is 0.357. The van der Waals surface area contributed by atoms with Gasteiger partial charge in [0.05, 0.1) is 28.5 Å². The highest BCUT2D eigenvalue weighted by Gasteiger charge is 2.41. The molecule has 2 saturated heterocycles. The molecule has 2 aliphatic rings. The van der Waals surface area contributed by atoms with Crippen molar-refractivity contribution in [1.29, 1.82) is 0 Å². The highest BCUT2D eigenvalue weighted by Crippen LogP contribution is 2.44. The average Bonchev–Trinajstić information content (AvgIpc) is 3.43. The molecule has 4 heterocycles. The second-order valence-electron chi connectivity index (χ2n) is 11.5. The van der Waals surface area contributed by atoms with Gasteiger partial charge < -0.3 is 19.7 Å². The third kappa shape index (κ3) is 4.85. The van der Waals surface area contributed by atoms with E-state index in [9.17, 15) is 0 Å². The van der Waals surface area contributed by atoms with Crippen LogP contribution in [0.25, 0.3) is 0 Å². The summed E-state index contributed by atoms with van der Waals surface area (Å²) in [5.74, 6) is 1.32. The normalized spacial score (nSPS) is 24.8. The summed E-state index contributed by atoms with van der Waals surface area (Å²) in [4.78, 5) is 9.31. The standard InChI is InChI=1S/C29H36ClN5S/c1-19-14-20(2)17-33(16-19)25-10-9-22(15-23(25)30)35-27(21-11-13-34(18-21)29(3,4)5)26(32-28(35)36)24-8-6-7-12-31-24/h6-13,15,18-20,26-27H,14,16-17H2,1-5H3,(H,32,36)/t19-,20-,26+,27+/m1/s1. The fraction of sp³-hybridized carbons (Fsp3) is 0.448. The summed E-state index contributed by atoms with van der Waals surface area (Å²) in [6.07, 6.45) is 7.49. The number of piperidine rings is 1. The van der Waals surface area contributed by atoms with Crippen LogP contribution in [0, 0.1) is 11.8 Å². The van der Waals surface area contributed by atoms with Crippen LogP contribution in [0.5, 0.6) is 0 Å². The molecule has 1 N–H and O–H groups in total. The van der Waals surface area contributed by atoms with Crippen molar-refractivity contribution in [2.24, 2.45) is 11.8 Å². The Hall–Kier alpha value is -2.57. The van der Waals surface area contributed by atoms with Gasteiger partial charge in [0.25, 0.3) is 0 Å². The number of nitrogens with zero attached hydrogens (tertiary/aromatic N) is 4. The fourth-order valence-corrected chi connectivity index (χ4v) is 6.38. The van der Waals surface area contributed by atoms with Gasteiger partial charge in [0, 0.05) is 42.9 Å². The summed E-state index contributed by atoms with van der Waals surface area (Å²) < 4.78 is 2.26. The van der Waals surface area contributed by atoms with Crippen molar-refractivity contribution in [2.75, 3.05) is 22.9 Å². The first kappa shape index (κ1) is 25.1. The molecule has 0 amide bonds. The summed E-state index contributed by atoms with van der Waals surface area (Å²) in [6.45, 7) is 13.4. The molecular weight excluding hydrogens is 486 g/mol. The first-order valence-corrected chi connectivity index (χ1v) is 13.6. The number of halogens is 1. The Morgan fingerprint density at radius 3 is 2.42 bits per heavy atom. The molecule has 0 spiro atoms. The molecule has 7 heteroatoms. The van der Waals surface area contributed by atoms with Crippen molar-refractivity contribution in [3.05, 3.63) is 77.3 Å². The quantitative estimate of drug-likeness (QED) is 0.376. The van der Waals surface area contributed by atoms with E-state index < -0.39 is 0 Å². The molecule has 5 nitrogen and oxygen atoms in total. The number of anilines is 2. The molecule has 36 heavy (non-hydrogen) atoms. The Kier molecular flexibility index (Phi) is 6.77. The topological polar surface area (TPSA) is 36.3 Å². The molecule has 0 bridgehead atoms. The van der Waals surface area contributed by atoms with E-state index in [-0.39, 0.29) is 17.6 Å². The lowest BCUT2D eigenvalue weighted by Gasteiger charge is -2.37. The maximum atomic E-state index is 6.95. The van der Waals surface area contributed by atoms with Crippen LogP contribution in [0.15, 0.2) is 61.1 Å². The van der Waals surface area contributed by atoms with Crippen LogP contribution in [0.1, 0.15) is 64.4 Å². The van der Waals surface area contributed by atoms with Gasteiger partial charge in [0.1, 0.15) is 0 Å². The van der Waals surface area contributed by atoms with Crippen LogP contribution in [-0.4, -0.2) is 27.8 Å². The fourth-order valence-electron chi connectivity index (χ4n) is 5.74. The Labute approximate surface area is 225 Å². The molecule has 2 aliphatic heterocycles. The second kappa shape index (κ2) is 9.71. The Morgan fingerprint density at radius 2 is 1.81 bits per heavy atom. The number of benzene rings is 1. The van der Waals surface area contributed by atoms with Crippen molar-refractivity contribution >= 4 is 40.3 Å². The van der Waals surface area contributed by atoms with Gasteiger partial charge in [-0.25, -0.2) is 0 Å². The molecule has 2 aromatic heterocycles. The number of thiocarbonyl (C=S) groups is 1. The maximum absolute atomic E-state index is 6.95. The molecule has 1 aromatic carbocycles. The van der Waals surface area contributed by atoms with Crippen LogP contribution < -0.4 is 15.1 Å². The van der Waals surface area contributed by atoms with Crippen LogP contribution in [-0.2, 0) is 5.54 Å². The first-order chi connectivity index (χ1) is 17.1. The Morgan fingerprint density at radius 1 is 1.06 bits per heavy atom. The van der Waals surface area contributed by atoms with Crippen molar-refractivity contribution < 1.29 is 0 Å². The zero-order chi connectivity index (χ0) is 25.6. The van der Waals surface area contributed by atoms with Crippen LogP contribution in [0.4, 0.5) is 11.4 Å². The van der Waals surface area contributed by atoms with Gasteiger partial charge in [-0.2, -0.15) is 0 Å². The Bertz CT molecular complexity index is 1220. The number of rotatable bonds is 4. The minimum Gasteiger partial charge on any atom is -0.370 e. The second-order valence-corrected chi connectivity index (χ2v) is 12.3. The maximum Gasteiger partial charge on any atom is 0.174 e. The number of pyridine rings is 1. The van der Waals surface area contributed by atoms with Crippen LogP contribution in [0.2, 0.25) is 5.02 Å². The summed E-state index contributed by atoms with van der Waals surface area (Å²) in [7, 11) is 0. The van der Waals surface area contributed by atoms with Crippen molar-refractivity contribution in [1.82, 2.24) is 14.9 Å². The molecule has 3 aromatic rings. The first-order valence-electron chi connectivity index (χ1n) is 12.9. The van der Waals surface area contributed by atoms with Crippen molar-refractivity contribution in [3.63, 3.8) is 0 Å². The largest absolute Gasteiger partial charge is 0.370 e. The monoisotopic (exact) mass is 521 g/mol. The van der Waals surface area contributed by atoms with Gasteiger partial charge in [-0.3, -0.25) is 4.98 Å². The molecule has 0 radical (unpaired) electrons. The molecule has 0 unspecified atom stereocenters. The van der Waals surface area contributed by atoms with E-state index in [1.54, 1.807) is 0 Å². The molecule has 4 atom stereocenters. The van der Waals surface area contributed by atoms with Gasteiger partial charge in [0.2, 0.25) is 0 Å². The van der Waals surface area contributed by atoms with E-state index in [1.807, 2.05) is 18.3 Å². The zero-order valence-corrected chi connectivity index (χ0v) is 23.4. The highest BCUT2D eigenvalue weighted by atomic mass is 35.5. The summed E-state index contributed by atoms with van der Waals surface area (Å²) in [5, 5.41) is 5.01. The number of hydrogen-bond donors (Lipinski definition) is 1. The van der Waals surface area contributed by atoms with Crippen molar-refractivity contribution in [3.8, 4) is 0 Å². The number of nitrogens with one attached hydrogen (secondary N) is 1. The minimum atomic E-state index is -0.0724. The minimum absolute atomic E-state index is 0.0101. The molecule has 0 aliphatic carbocycles. The van der Waals surface area contributed by atoms with E-state index >= 15 is 0 Å². The SMILES string of the molecule is C[C@@H]1C[C@@H](C)CN(c2ccc(N3C(=S)N[C@@H](c4ccccn4)[C@@H]3c3ccn(C(C)(C)C)c3)cc2Cl)C1. The van der Waals surface area contributed by atoms with E-state index in [2.05, 4.69) is 102 Å². The predicted octanol–water partition coefficient (Wildman–Crippen LogP) is 6.95. The Balaban J connectivity index is 1.53. The summed E-state index contributed by atoms with van der Waals surface area (Å²) in [5.41, 5.74) is 4.24. The van der Waals surface area contributed by atoms with Crippen molar-refractivity contribution in [2.45, 2.75) is 58.7 Å². The molecule has 190 valence electrons. The smallest absolute Gasteiger partial charge is 0.174 e. The van der Waals surface area contributed by atoms with Gasteiger partial charge in [-0.15, -0.1) is 0 Å². The van der Waals surface area contributed by atoms with Gasteiger partial charge >= 0.3 is 0 Å². The van der Waals surface area contributed by atoms with Gasteiger partial charge in [-0.1, -0.05) is 31.5 Å². The molecule has 5 rings (SSSR count). The van der Waals surface area contributed by atoms with Gasteiger partial charge in [-0.05, 0) is 93.2 Å². The molecular formula is C29H36ClN5S. The highest BCUT2D eigenvalue weighted by molar-refractivity contribution is 7.80. The number of aromatic nitrogens is 2.